The number of nitrogens with one attached hydrogen (secondary N) is 1. The SMILES string of the molecule is CCOC(=O)C1CCN(C(=O)C(C)NC(C)c2ccc(C(F)(F)F)cc2)CC1. The molecule has 1 aromatic rings. The van der Waals surface area contributed by atoms with E-state index in [1.165, 1.54) is 12.1 Å². The van der Waals surface area contributed by atoms with Crippen LogP contribution in [0.25, 0.3) is 0 Å². The molecule has 0 aromatic heterocycles. The van der Waals surface area contributed by atoms with Crippen LogP contribution in [-0.2, 0) is 20.5 Å². The number of carbonyl (C=O) groups excluding carboxylic acids is 2. The number of nitrogens with zero attached hydrogens (tertiary/aromatic N) is 1. The van der Waals surface area contributed by atoms with Gasteiger partial charge in [-0.15, -0.1) is 0 Å². The zero-order valence-corrected chi connectivity index (χ0v) is 16.4. The summed E-state index contributed by atoms with van der Waals surface area (Å²) in [6.45, 7) is 6.63. The number of benzene rings is 1. The van der Waals surface area contributed by atoms with Gasteiger partial charge in [-0.3, -0.25) is 14.9 Å². The van der Waals surface area contributed by atoms with Gasteiger partial charge in [0.1, 0.15) is 0 Å². The summed E-state index contributed by atoms with van der Waals surface area (Å²) in [6.07, 6.45) is -3.22. The van der Waals surface area contributed by atoms with Gasteiger partial charge in [-0.1, -0.05) is 12.1 Å². The van der Waals surface area contributed by atoms with Gasteiger partial charge < -0.3 is 9.64 Å². The summed E-state index contributed by atoms with van der Waals surface area (Å²) in [4.78, 5) is 26.2. The number of likely N-dealkylation sites (tertiary alicyclic amines) is 1. The van der Waals surface area contributed by atoms with Crippen LogP contribution in [0.15, 0.2) is 24.3 Å². The normalized spacial score (nSPS) is 17.9. The molecule has 0 bridgehead atoms. The summed E-state index contributed by atoms with van der Waals surface area (Å²) >= 11 is 0. The summed E-state index contributed by atoms with van der Waals surface area (Å²) in [6, 6.07) is 4.15. The molecule has 2 rings (SSSR count). The van der Waals surface area contributed by atoms with Gasteiger partial charge in [-0.25, -0.2) is 0 Å². The topological polar surface area (TPSA) is 58.6 Å². The molecule has 156 valence electrons. The Kier molecular flexibility index (Phi) is 7.46. The number of rotatable bonds is 6. The highest BCUT2D eigenvalue weighted by atomic mass is 19.4. The lowest BCUT2D eigenvalue weighted by Crippen LogP contribution is -2.49. The molecule has 0 radical (unpaired) electrons. The fourth-order valence-electron chi connectivity index (χ4n) is 3.37. The minimum atomic E-state index is -4.37. The monoisotopic (exact) mass is 400 g/mol. The highest BCUT2D eigenvalue weighted by molar-refractivity contribution is 5.82. The van der Waals surface area contributed by atoms with Gasteiger partial charge >= 0.3 is 12.1 Å². The molecule has 1 aliphatic rings. The van der Waals surface area contributed by atoms with E-state index in [-0.39, 0.29) is 23.8 Å². The van der Waals surface area contributed by atoms with Gasteiger partial charge in [0.15, 0.2) is 0 Å². The molecule has 1 fully saturated rings. The maximum Gasteiger partial charge on any atom is 0.416 e. The van der Waals surface area contributed by atoms with Crippen molar-refractivity contribution in [3.05, 3.63) is 35.4 Å². The molecular weight excluding hydrogens is 373 g/mol. The molecule has 0 spiro atoms. The largest absolute Gasteiger partial charge is 0.466 e. The van der Waals surface area contributed by atoms with E-state index in [4.69, 9.17) is 4.74 Å². The van der Waals surface area contributed by atoms with E-state index in [0.717, 1.165) is 12.1 Å². The first kappa shape index (κ1) is 22.2. The maximum absolute atomic E-state index is 12.7. The molecule has 2 atom stereocenters. The predicted molar refractivity (Wildman–Crippen MR) is 98.4 cm³/mol. The molecular formula is C20H27F3N2O3. The van der Waals surface area contributed by atoms with Gasteiger partial charge in [-0.2, -0.15) is 13.2 Å². The van der Waals surface area contributed by atoms with Crippen molar-refractivity contribution < 1.29 is 27.5 Å². The van der Waals surface area contributed by atoms with Crippen LogP contribution in [0.4, 0.5) is 13.2 Å². The standard InChI is InChI=1S/C20H27F3N2O3/c1-4-28-19(27)16-9-11-25(12-10-16)18(26)14(3)24-13(2)15-5-7-17(8-6-15)20(21,22)23/h5-8,13-14,16,24H,4,9-12H2,1-3H3. The van der Waals surface area contributed by atoms with E-state index < -0.39 is 17.8 Å². The summed E-state index contributed by atoms with van der Waals surface area (Å²) in [5.41, 5.74) is -0.0225. The molecule has 1 saturated heterocycles. The highest BCUT2D eigenvalue weighted by Crippen LogP contribution is 2.30. The Morgan fingerprint density at radius 3 is 2.25 bits per heavy atom. The van der Waals surface area contributed by atoms with Crippen LogP contribution < -0.4 is 5.32 Å². The van der Waals surface area contributed by atoms with E-state index >= 15 is 0 Å². The van der Waals surface area contributed by atoms with E-state index in [1.54, 1.807) is 25.7 Å². The summed E-state index contributed by atoms with van der Waals surface area (Å²) in [5, 5.41) is 3.14. The predicted octanol–water partition coefficient (Wildman–Crippen LogP) is 3.55. The fraction of sp³-hybridized carbons (Fsp3) is 0.600. The minimum absolute atomic E-state index is 0.0823. The van der Waals surface area contributed by atoms with E-state index in [1.807, 2.05) is 0 Å². The quantitative estimate of drug-likeness (QED) is 0.742. The van der Waals surface area contributed by atoms with Crippen molar-refractivity contribution >= 4 is 11.9 Å². The lowest BCUT2D eigenvalue weighted by molar-refractivity contribution is -0.151. The fourth-order valence-corrected chi connectivity index (χ4v) is 3.37. The van der Waals surface area contributed by atoms with Crippen molar-refractivity contribution in [1.82, 2.24) is 10.2 Å². The minimum Gasteiger partial charge on any atom is -0.466 e. The van der Waals surface area contributed by atoms with Crippen LogP contribution in [0.1, 0.15) is 50.8 Å². The lowest BCUT2D eigenvalue weighted by Gasteiger charge is -2.33. The number of carbonyl (C=O) groups is 2. The van der Waals surface area contributed by atoms with E-state index in [2.05, 4.69) is 5.32 Å². The second-order valence-corrected chi connectivity index (χ2v) is 7.08. The molecule has 0 aliphatic carbocycles. The van der Waals surface area contributed by atoms with Gasteiger partial charge in [-0.05, 0) is 51.3 Å². The van der Waals surface area contributed by atoms with Crippen molar-refractivity contribution in [3.63, 3.8) is 0 Å². The van der Waals surface area contributed by atoms with Crippen LogP contribution in [-0.4, -0.2) is 42.5 Å². The Hall–Kier alpha value is -2.09. The molecule has 1 aromatic carbocycles. The molecule has 1 N–H and O–H groups in total. The number of piperidine rings is 1. The highest BCUT2D eigenvalue weighted by Gasteiger charge is 2.31. The van der Waals surface area contributed by atoms with Crippen molar-refractivity contribution in [2.45, 2.75) is 51.9 Å². The number of ether oxygens (including phenoxy) is 1. The lowest BCUT2D eigenvalue weighted by atomic mass is 9.96. The Labute approximate surface area is 163 Å². The van der Waals surface area contributed by atoms with Crippen molar-refractivity contribution in [2.24, 2.45) is 5.92 Å². The molecule has 1 heterocycles. The molecule has 2 unspecified atom stereocenters. The molecule has 8 heteroatoms. The zero-order chi connectivity index (χ0) is 20.9. The number of hydrogen-bond donors (Lipinski definition) is 1. The third kappa shape index (κ3) is 5.70. The molecule has 0 saturated carbocycles. The number of alkyl halides is 3. The summed E-state index contributed by atoms with van der Waals surface area (Å²) in [5.74, 6) is -0.462. The summed E-state index contributed by atoms with van der Waals surface area (Å²) < 4.78 is 43.0. The average Bonchev–Trinajstić information content (AvgIpc) is 2.67. The first-order valence-electron chi connectivity index (χ1n) is 9.52. The number of hydrogen-bond acceptors (Lipinski definition) is 4. The summed E-state index contributed by atoms with van der Waals surface area (Å²) in [7, 11) is 0. The van der Waals surface area contributed by atoms with Crippen LogP contribution in [0.3, 0.4) is 0 Å². The second kappa shape index (κ2) is 9.41. The third-order valence-corrected chi connectivity index (χ3v) is 5.03. The van der Waals surface area contributed by atoms with E-state index in [9.17, 15) is 22.8 Å². The Balaban J connectivity index is 1.87. The molecule has 1 amide bonds. The van der Waals surface area contributed by atoms with Crippen molar-refractivity contribution in [1.29, 1.82) is 0 Å². The molecule has 5 nitrogen and oxygen atoms in total. The van der Waals surface area contributed by atoms with E-state index in [0.29, 0.717) is 38.1 Å². The molecule has 1 aliphatic heterocycles. The van der Waals surface area contributed by atoms with Gasteiger partial charge in [0, 0.05) is 19.1 Å². The van der Waals surface area contributed by atoms with Gasteiger partial charge in [0.05, 0.1) is 24.1 Å². The maximum atomic E-state index is 12.7. The Morgan fingerprint density at radius 1 is 1.18 bits per heavy atom. The first-order valence-corrected chi connectivity index (χ1v) is 9.52. The van der Waals surface area contributed by atoms with Crippen molar-refractivity contribution in [3.8, 4) is 0 Å². The van der Waals surface area contributed by atoms with Gasteiger partial charge in [0.25, 0.3) is 0 Å². The Bertz CT molecular complexity index is 668. The third-order valence-electron chi connectivity index (χ3n) is 5.03. The van der Waals surface area contributed by atoms with Crippen LogP contribution in [0, 0.1) is 5.92 Å². The van der Waals surface area contributed by atoms with Crippen LogP contribution in [0.5, 0.6) is 0 Å². The number of amides is 1. The number of esters is 1. The smallest absolute Gasteiger partial charge is 0.416 e. The van der Waals surface area contributed by atoms with Gasteiger partial charge in [0.2, 0.25) is 5.91 Å². The number of halogens is 3. The molecule has 28 heavy (non-hydrogen) atoms. The first-order chi connectivity index (χ1) is 13.1. The van der Waals surface area contributed by atoms with Crippen LogP contribution >= 0.6 is 0 Å². The Morgan fingerprint density at radius 2 is 1.75 bits per heavy atom. The van der Waals surface area contributed by atoms with Crippen molar-refractivity contribution in [2.75, 3.05) is 19.7 Å². The van der Waals surface area contributed by atoms with Crippen LogP contribution in [0.2, 0.25) is 0 Å². The average molecular weight is 400 g/mol. The zero-order valence-electron chi connectivity index (χ0n) is 16.4. The second-order valence-electron chi connectivity index (χ2n) is 7.08.